The molecule has 0 aliphatic carbocycles. The highest BCUT2D eigenvalue weighted by atomic mass is 16.2. The second kappa shape index (κ2) is 4.82. The number of primary amides is 1. The molecule has 2 N–H and O–H groups in total. The Labute approximate surface area is 96.6 Å². The quantitative estimate of drug-likeness (QED) is 0.704. The number of rotatable bonds is 3. The number of piperazine rings is 1. The molecule has 1 fully saturated rings. The van der Waals surface area contributed by atoms with Gasteiger partial charge < -0.3 is 15.5 Å². The van der Waals surface area contributed by atoms with E-state index in [1.807, 2.05) is 7.05 Å². The molecule has 0 unspecified atom stereocenters. The molecule has 91 valence electrons. The molecular weight excluding hydrogens is 206 g/mol. The summed E-state index contributed by atoms with van der Waals surface area (Å²) in [5.41, 5.74) is 4.35. The summed E-state index contributed by atoms with van der Waals surface area (Å²) in [5.74, 6) is -0.577. The van der Waals surface area contributed by atoms with Crippen LogP contribution in [-0.4, -0.2) is 54.8 Å². The Morgan fingerprint density at radius 2 is 1.69 bits per heavy atom. The Morgan fingerprint density at radius 3 is 2.12 bits per heavy atom. The Morgan fingerprint density at radius 1 is 1.19 bits per heavy atom. The minimum absolute atomic E-state index is 0.100. The van der Waals surface area contributed by atoms with Gasteiger partial charge in [0.25, 0.3) is 0 Å². The van der Waals surface area contributed by atoms with Crippen LogP contribution in [0.4, 0.5) is 0 Å². The molecule has 0 aromatic carbocycles. The zero-order valence-electron chi connectivity index (χ0n) is 10.2. The number of nitrogens with zero attached hydrogens (tertiary/aromatic N) is 2. The SMILES string of the molecule is CN1CCN(C(=O)[CH]C(C)(C)C(N)=O)CC1. The maximum atomic E-state index is 11.9. The maximum Gasteiger partial charge on any atom is 0.227 e. The first-order valence-electron chi connectivity index (χ1n) is 5.46. The molecule has 0 spiro atoms. The zero-order valence-corrected chi connectivity index (χ0v) is 10.2. The van der Waals surface area contributed by atoms with Gasteiger partial charge in [-0.05, 0) is 7.05 Å². The molecule has 5 heteroatoms. The summed E-state index contributed by atoms with van der Waals surface area (Å²) in [6.07, 6.45) is 1.42. The summed E-state index contributed by atoms with van der Waals surface area (Å²) in [7, 11) is 2.03. The van der Waals surface area contributed by atoms with Gasteiger partial charge >= 0.3 is 0 Å². The molecule has 0 atom stereocenters. The first-order valence-corrected chi connectivity index (χ1v) is 5.46. The van der Waals surface area contributed by atoms with E-state index in [1.54, 1.807) is 18.7 Å². The summed E-state index contributed by atoms with van der Waals surface area (Å²) in [5, 5.41) is 0. The van der Waals surface area contributed by atoms with Gasteiger partial charge in [0.1, 0.15) is 0 Å². The molecule has 1 radical (unpaired) electrons. The summed E-state index contributed by atoms with van der Waals surface area (Å²) in [4.78, 5) is 26.9. The molecule has 0 bridgehead atoms. The van der Waals surface area contributed by atoms with Crippen molar-refractivity contribution in [1.29, 1.82) is 0 Å². The average Bonchev–Trinajstić information content (AvgIpc) is 2.17. The molecular formula is C11H20N3O2. The summed E-state index contributed by atoms with van der Waals surface area (Å²) >= 11 is 0. The first kappa shape index (κ1) is 13.0. The van der Waals surface area contributed by atoms with Crippen LogP contribution in [-0.2, 0) is 9.59 Å². The lowest BCUT2D eigenvalue weighted by Crippen LogP contribution is -2.49. The van der Waals surface area contributed by atoms with Crippen molar-refractivity contribution in [2.75, 3.05) is 33.2 Å². The fourth-order valence-corrected chi connectivity index (χ4v) is 1.50. The lowest BCUT2D eigenvalue weighted by molar-refractivity contribution is -0.134. The highest BCUT2D eigenvalue weighted by Gasteiger charge is 2.31. The number of carbonyl (C=O) groups is 2. The third kappa shape index (κ3) is 3.20. The van der Waals surface area contributed by atoms with Gasteiger partial charge in [-0.15, -0.1) is 0 Å². The van der Waals surface area contributed by atoms with Gasteiger partial charge in [0, 0.05) is 26.2 Å². The Balaban J connectivity index is 2.50. The third-order valence-corrected chi connectivity index (χ3v) is 2.93. The van der Waals surface area contributed by atoms with Gasteiger partial charge in [-0.25, -0.2) is 0 Å². The largest absolute Gasteiger partial charge is 0.369 e. The van der Waals surface area contributed by atoms with E-state index < -0.39 is 11.3 Å². The van der Waals surface area contributed by atoms with Gasteiger partial charge in [-0.1, -0.05) is 13.8 Å². The van der Waals surface area contributed by atoms with Crippen LogP contribution in [0.15, 0.2) is 0 Å². The number of amides is 2. The fourth-order valence-electron chi connectivity index (χ4n) is 1.50. The maximum absolute atomic E-state index is 11.9. The second-order valence-corrected chi connectivity index (χ2v) is 4.86. The van der Waals surface area contributed by atoms with Crippen LogP contribution in [0.3, 0.4) is 0 Å². The number of hydrogen-bond donors (Lipinski definition) is 1. The predicted molar refractivity (Wildman–Crippen MR) is 61.4 cm³/mol. The van der Waals surface area contributed by atoms with Crippen molar-refractivity contribution in [3.63, 3.8) is 0 Å². The molecule has 2 amide bonds. The van der Waals surface area contributed by atoms with Gasteiger partial charge in [0.15, 0.2) is 0 Å². The summed E-state index contributed by atoms with van der Waals surface area (Å²) in [6.45, 7) is 6.47. The molecule has 1 aliphatic rings. The van der Waals surface area contributed by atoms with Gasteiger partial charge in [0.05, 0.1) is 11.8 Å². The van der Waals surface area contributed by atoms with E-state index in [4.69, 9.17) is 5.73 Å². The molecule has 5 nitrogen and oxygen atoms in total. The Bertz CT molecular complexity index is 281. The molecule has 1 rings (SSSR count). The van der Waals surface area contributed by atoms with Crippen LogP contribution in [0, 0.1) is 11.8 Å². The lowest BCUT2D eigenvalue weighted by Gasteiger charge is -2.33. The molecule has 0 aromatic heterocycles. The number of nitrogens with two attached hydrogens (primary N) is 1. The van der Waals surface area contributed by atoms with E-state index in [1.165, 1.54) is 6.42 Å². The van der Waals surface area contributed by atoms with Crippen molar-refractivity contribution >= 4 is 11.8 Å². The van der Waals surface area contributed by atoms with E-state index in [9.17, 15) is 9.59 Å². The van der Waals surface area contributed by atoms with E-state index in [-0.39, 0.29) is 5.91 Å². The third-order valence-electron chi connectivity index (χ3n) is 2.93. The van der Waals surface area contributed by atoms with Crippen LogP contribution in [0.2, 0.25) is 0 Å². The van der Waals surface area contributed by atoms with Gasteiger partial charge in [0.2, 0.25) is 11.8 Å². The summed E-state index contributed by atoms with van der Waals surface area (Å²) < 4.78 is 0. The molecule has 1 heterocycles. The van der Waals surface area contributed by atoms with Gasteiger partial charge in [-0.2, -0.15) is 0 Å². The van der Waals surface area contributed by atoms with Crippen molar-refractivity contribution in [3.8, 4) is 0 Å². The van der Waals surface area contributed by atoms with Crippen LogP contribution in [0.25, 0.3) is 0 Å². The Kier molecular flexibility index (Phi) is 3.91. The fraction of sp³-hybridized carbons (Fsp3) is 0.727. The predicted octanol–water partition coefficient (Wildman–Crippen LogP) is -0.524. The van der Waals surface area contributed by atoms with Crippen molar-refractivity contribution < 1.29 is 9.59 Å². The number of hydrogen-bond acceptors (Lipinski definition) is 3. The van der Waals surface area contributed by atoms with E-state index in [0.29, 0.717) is 13.1 Å². The molecule has 0 saturated carbocycles. The lowest BCUT2D eigenvalue weighted by atomic mass is 9.88. The monoisotopic (exact) mass is 226 g/mol. The molecule has 1 saturated heterocycles. The molecule has 0 aromatic rings. The van der Waals surface area contributed by atoms with Crippen LogP contribution in [0.5, 0.6) is 0 Å². The number of carbonyl (C=O) groups excluding carboxylic acids is 2. The van der Waals surface area contributed by atoms with E-state index in [0.717, 1.165) is 13.1 Å². The Hall–Kier alpha value is -1.10. The van der Waals surface area contributed by atoms with Crippen LogP contribution in [0.1, 0.15) is 13.8 Å². The minimum atomic E-state index is -0.875. The zero-order chi connectivity index (χ0) is 12.3. The average molecular weight is 226 g/mol. The van der Waals surface area contributed by atoms with Crippen molar-refractivity contribution in [1.82, 2.24) is 9.80 Å². The van der Waals surface area contributed by atoms with E-state index in [2.05, 4.69) is 4.90 Å². The van der Waals surface area contributed by atoms with Crippen LogP contribution < -0.4 is 5.73 Å². The topological polar surface area (TPSA) is 66.6 Å². The highest BCUT2D eigenvalue weighted by molar-refractivity contribution is 5.94. The smallest absolute Gasteiger partial charge is 0.227 e. The van der Waals surface area contributed by atoms with Crippen molar-refractivity contribution in [2.45, 2.75) is 13.8 Å². The minimum Gasteiger partial charge on any atom is -0.369 e. The van der Waals surface area contributed by atoms with Crippen molar-refractivity contribution in [2.24, 2.45) is 11.1 Å². The summed E-state index contributed by atoms with van der Waals surface area (Å²) in [6, 6.07) is 0. The standard InChI is InChI=1S/C11H20N3O2/c1-11(2,10(12)16)8-9(15)14-6-4-13(3)5-7-14/h8H,4-7H2,1-3H3,(H2,12,16). The number of likely N-dealkylation sites (N-methyl/N-ethyl adjacent to an activating group) is 1. The van der Waals surface area contributed by atoms with Crippen LogP contribution >= 0.6 is 0 Å². The molecule has 1 aliphatic heterocycles. The van der Waals surface area contributed by atoms with E-state index >= 15 is 0 Å². The van der Waals surface area contributed by atoms with Gasteiger partial charge in [-0.3, -0.25) is 9.59 Å². The highest BCUT2D eigenvalue weighted by Crippen LogP contribution is 2.20. The van der Waals surface area contributed by atoms with Crippen molar-refractivity contribution in [3.05, 3.63) is 6.42 Å². The molecule has 16 heavy (non-hydrogen) atoms. The normalized spacial score (nSPS) is 18.6. The first-order chi connectivity index (χ1) is 7.33. The second-order valence-electron chi connectivity index (χ2n) is 4.86.